The largest absolute Gasteiger partial charge is 0.480 e. The molecule has 0 aliphatic carbocycles. The van der Waals surface area contributed by atoms with Crippen molar-refractivity contribution in [3.63, 3.8) is 0 Å². The van der Waals surface area contributed by atoms with E-state index >= 15 is 0 Å². The second-order valence-corrected chi connectivity index (χ2v) is 6.17. The standard InChI is InChI=1S/C21H18O6/c1-3-26-20(25)21(2,19(23)24)15-10-6-4-8-13(15)18-12-16(22)14-9-5-7-11-17(14)27-18/h4-12H,3H2,1-2H3,(H,23,24). The lowest BCUT2D eigenvalue weighted by Gasteiger charge is -2.25. The van der Waals surface area contributed by atoms with Crippen LogP contribution in [0, 0.1) is 0 Å². The number of carboxylic acid groups (broad SMARTS) is 1. The summed E-state index contributed by atoms with van der Waals surface area (Å²) >= 11 is 0. The number of carbonyl (C=O) groups is 2. The van der Waals surface area contributed by atoms with Gasteiger partial charge < -0.3 is 14.3 Å². The molecule has 1 unspecified atom stereocenters. The number of aliphatic carboxylic acids is 1. The van der Waals surface area contributed by atoms with Crippen molar-refractivity contribution in [3.8, 4) is 11.3 Å². The topological polar surface area (TPSA) is 93.8 Å². The quantitative estimate of drug-likeness (QED) is 0.550. The fourth-order valence-electron chi connectivity index (χ4n) is 2.96. The number of esters is 1. The Labute approximate surface area is 155 Å². The molecule has 0 saturated carbocycles. The van der Waals surface area contributed by atoms with Gasteiger partial charge in [0.05, 0.1) is 12.0 Å². The van der Waals surface area contributed by atoms with Crippen molar-refractivity contribution in [1.29, 1.82) is 0 Å². The van der Waals surface area contributed by atoms with Crippen molar-refractivity contribution in [3.05, 3.63) is 70.4 Å². The molecule has 0 radical (unpaired) electrons. The predicted molar refractivity (Wildman–Crippen MR) is 99.5 cm³/mol. The van der Waals surface area contributed by atoms with Crippen molar-refractivity contribution in [2.75, 3.05) is 6.61 Å². The minimum atomic E-state index is -1.95. The molecule has 27 heavy (non-hydrogen) atoms. The van der Waals surface area contributed by atoms with E-state index in [0.717, 1.165) is 0 Å². The maximum Gasteiger partial charge on any atom is 0.327 e. The lowest BCUT2D eigenvalue weighted by molar-refractivity contribution is -0.160. The van der Waals surface area contributed by atoms with Crippen LogP contribution in [-0.2, 0) is 19.7 Å². The normalized spacial score (nSPS) is 13.1. The fraction of sp³-hybridized carbons (Fsp3) is 0.190. The van der Waals surface area contributed by atoms with Crippen LogP contribution in [0.25, 0.3) is 22.3 Å². The number of ether oxygens (including phenoxy) is 1. The third-order valence-electron chi connectivity index (χ3n) is 4.48. The summed E-state index contributed by atoms with van der Waals surface area (Å²) in [5, 5.41) is 10.2. The number of hydrogen-bond donors (Lipinski definition) is 1. The van der Waals surface area contributed by atoms with E-state index in [2.05, 4.69) is 0 Å². The van der Waals surface area contributed by atoms with Gasteiger partial charge in [0.15, 0.2) is 10.8 Å². The number of para-hydroxylation sites is 1. The lowest BCUT2D eigenvalue weighted by Crippen LogP contribution is -2.42. The molecule has 1 N–H and O–H groups in total. The third-order valence-corrected chi connectivity index (χ3v) is 4.48. The molecule has 0 aliphatic heterocycles. The van der Waals surface area contributed by atoms with Gasteiger partial charge in [-0.2, -0.15) is 0 Å². The van der Waals surface area contributed by atoms with Gasteiger partial charge in [-0.3, -0.25) is 14.4 Å². The summed E-state index contributed by atoms with van der Waals surface area (Å²) in [5.74, 6) is -2.05. The molecule has 0 fully saturated rings. The summed E-state index contributed by atoms with van der Waals surface area (Å²) in [4.78, 5) is 36.9. The van der Waals surface area contributed by atoms with Gasteiger partial charge in [-0.1, -0.05) is 36.4 Å². The summed E-state index contributed by atoms with van der Waals surface area (Å²) in [7, 11) is 0. The minimum absolute atomic E-state index is 0.0505. The van der Waals surface area contributed by atoms with Crippen LogP contribution in [0.5, 0.6) is 0 Å². The van der Waals surface area contributed by atoms with Crippen LogP contribution >= 0.6 is 0 Å². The lowest BCUT2D eigenvalue weighted by atomic mass is 9.79. The molecular weight excluding hydrogens is 348 g/mol. The van der Waals surface area contributed by atoms with Gasteiger partial charge in [-0.05, 0) is 31.5 Å². The zero-order chi connectivity index (χ0) is 19.6. The molecule has 0 aliphatic rings. The molecule has 2 aromatic carbocycles. The molecule has 0 amide bonds. The summed E-state index contributed by atoms with van der Waals surface area (Å²) < 4.78 is 10.8. The van der Waals surface area contributed by atoms with Crippen LogP contribution in [0.4, 0.5) is 0 Å². The van der Waals surface area contributed by atoms with E-state index in [1.54, 1.807) is 49.4 Å². The number of benzene rings is 2. The van der Waals surface area contributed by atoms with Crippen LogP contribution < -0.4 is 5.43 Å². The van der Waals surface area contributed by atoms with Crippen molar-refractivity contribution in [2.45, 2.75) is 19.3 Å². The first-order valence-corrected chi connectivity index (χ1v) is 8.43. The molecule has 6 heteroatoms. The van der Waals surface area contributed by atoms with Crippen molar-refractivity contribution in [2.24, 2.45) is 0 Å². The SMILES string of the molecule is CCOC(=O)C(C)(C(=O)O)c1ccccc1-c1cc(=O)c2ccccc2o1. The highest BCUT2D eigenvalue weighted by molar-refractivity contribution is 6.06. The molecule has 1 aromatic heterocycles. The van der Waals surface area contributed by atoms with Gasteiger partial charge in [-0.15, -0.1) is 0 Å². The Morgan fingerprint density at radius 2 is 1.78 bits per heavy atom. The van der Waals surface area contributed by atoms with Gasteiger partial charge in [0.25, 0.3) is 0 Å². The van der Waals surface area contributed by atoms with E-state index in [1.165, 1.54) is 19.1 Å². The summed E-state index contributed by atoms with van der Waals surface area (Å²) in [6, 6.07) is 14.5. The monoisotopic (exact) mass is 366 g/mol. The van der Waals surface area contributed by atoms with Crippen LogP contribution in [0.3, 0.4) is 0 Å². The van der Waals surface area contributed by atoms with Crippen molar-refractivity contribution in [1.82, 2.24) is 0 Å². The van der Waals surface area contributed by atoms with E-state index in [-0.39, 0.29) is 23.4 Å². The summed E-state index contributed by atoms with van der Waals surface area (Å²) in [5.41, 5.74) is -1.29. The number of rotatable bonds is 5. The Bertz CT molecular complexity index is 1080. The van der Waals surface area contributed by atoms with E-state index in [1.807, 2.05) is 0 Å². The highest BCUT2D eigenvalue weighted by Crippen LogP contribution is 2.35. The van der Waals surface area contributed by atoms with Gasteiger partial charge in [0.2, 0.25) is 0 Å². The highest BCUT2D eigenvalue weighted by Gasteiger charge is 2.46. The molecule has 0 saturated heterocycles. The smallest absolute Gasteiger partial charge is 0.327 e. The zero-order valence-electron chi connectivity index (χ0n) is 14.9. The van der Waals surface area contributed by atoms with E-state index in [4.69, 9.17) is 9.15 Å². The molecule has 138 valence electrons. The predicted octanol–water partition coefficient (Wildman–Crippen LogP) is 3.37. The van der Waals surface area contributed by atoms with Crippen LogP contribution in [0.1, 0.15) is 19.4 Å². The molecule has 1 atom stereocenters. The first-order chi connectivity index (χ1) is 12.9. The summed E-state index contributed by atoms with van der Waals surface area (Å²) in [6.07, 6.45) is 0. The second kappa shape index (κ2) is 7.07. The minimum Gasteiger partial charge on any atom is -0.480 e. The Balaban J connectivity index is 2.27. The molecule has 6 nitrogen and oxygen atoms in total. The fourth-order valence-corrected chi connectivity index (χ4v) is 2.96. The Hall–Kier alpha value is -3.41. The van der Waals surface area contributed by atoms with Gasteiger partial charge in [-0.25, -0.2) is 0 Å². The van der Waals surface area contributed by atoms with Gasteiger partial charge >= 0.3 is 11.9 Å². The maximum absolute atomic E-state index is 12.5. The zero-order valence-corrected chi connectivity index (χ0v) is 14.9. The number of hydrogen-bond acceptors (Lipinski definition) is 5. The average Bonchev–Trinajstić information content (AvgIpc) is 2.67. The van der Waals surface area contributed by atoms with Crippen LogP contribution in [-0.4, -0.2) is 23.7 Å². The Kier molecular flexibility index (Phi) is 4.81. The van der Waals surface area contributed by atoms with Crippen LogP contribution in [0.15, 0.2) is 63.8 Å². The summed E-state index contributed by atoms with van der Waals surface area (Å²) in [6.45, 7) is 2.94. The van der Waals surface area contributed by atoms with Gasteiger partial charge in [0, 0.05) is 11.6 Å². The van der Waals surface area contributed by atoms with Crippen LogP contribution in [0.2, 0.25) is 0 Å². The van der Waals surface area contributed by atoms with Crippen molar-refractivity contribution >= 4 is 22.9 Å². The second-order valence-electron chi connectivity index (χ2n) is 6.17. The molecule has 1 heterocycles. The number of fused-ring (bicyclic) bond motifs is 1. The van der Waals surface area contributed by atoms with Crippen molar-refractivity contribution < 1.29 is 23.8 Å². The van der Waals surface area contributed by atoms with E-state index < -0.39 is 17.4 Å². The van der Waals surface area contributed by atoms with E-state index in [9.17, 15) is 19.5 Å². The highest BCUT2D eigenvalue weighted by atomic mass is 16.5. The third kappa shape index (κ3) is 3.10. The first-order valence-electron chi connectivity index (χ1n) is 8.43. The first kappa shape index (κ1) is 18.4. The Morgan fingerprint density at radius 1 is 1.11 bits per heavy atom. The number of carbonyl (C=O) groups excluding carboxylic acids is 1. The van der Waals surface area contributed by atoms with Gasteiger partial charge in [0.1, 0.15) is 11.3 Å². The molecular formula is C21H18O6. The van der Waals surface area contributed by atoms with E-state index in [0.29, 0.717) is 16.5 Å². The average molecular weight is 366 g/mol. The molecule has 3 aromatic rings. The molecule has 3 rings (SSSR count). The Morgan fingerprint density at radius 3 is 2.48 bits per heavy atom. The molecule has 0 spiro atoms. The molecule has 0 bridgehead atoms. The number of carboxylic acids is 1. The maximum atomic E-state index is 12.5.